The molecule has 0 aliphatic heterocycles. The molecule has 0 aliphatic rings. The summed E-state index contributed by atoms with van der Waals surface area (Å²) in [5.74, 6) is 0. The lowest BCUT2D eigenvalue weighted by Crippen LogP contribution is -1.75. The van der Waals surface area contributed by atoms with Crippen molar-refractivity contribution >= 4 is 23.2 Å². The minimum Gasteiger partial charge on any atom is -0.244 e. The molecule has 2 aromatic rings. The van der Waals surface area contributed by atoms with Crippen LogP contribution in [0.4, 0.5) is 0 Å². The van der Waals surface area contributed by atoms with Crippen LogP contribution in [0, 0.1) is 13.8 Å². The molecule has 0 unspecified atom stereocenters. The number of aryl methyl sites for hydroxylation is 2. The lowest BCUT2D eigenvalue weighted by molar-refractivity contribution is 1.27. The number of hydrogen-bond donors (Lipinski definition) is 0. The van der Waals surface area contributed by atoms with Crippen molar-refractivity contribution in [1.29, 1.82) is 0 Å². The van der Waals surface area contributed by atoms with Crippen LogP contribution in [0.25, 0.3) is 0 Å². The molecule has 0 radical (unpaired) electrons. The maximum absolute atomic E-state index is 5.60. The molecule has 112 valence electrons. The van der Waals surface area contributed by atoms with Crippen molar-refractivity contribution in [3.63, 3.8) is 0 Å². The van der Waals surface area contributed by atoms with Crippen LogP contribution in [0.2, 0.25) is 10.3 Å². The van der Waals surface area contributed by atoms with Crippen molar-refractivity contribution in [3.05, 3.63) is 58.1 Å². The predicted octanol–water partition coefficient (Wildman–Crippen LogP) is 6.14. The van der Waals surface area contributed by atoms with E-state index in [9.17, 15) is 0 Å². The van der Waals surface area contributed by atoms with Crippen LogP contribution >= 0.6 is 23.2 Å². The fourth-order valence-corrected chi connectivity index (χ4v) is 1.15. The topological polar surface area (TPSA) is 25.8 Å². The molecular formula is C16H24Cl2N2. The summed E-state index contributed by atoms with van der Waals surface area (Å²) in [6, 6.07) is 7.49. The van der Waals surface area contributed by atoms with Gasteiger partial charge in [0.05, 0.1) is 0 Å². The number of hydrogen-bond acceptors (Lipinski definition) is 2. The average Bonchev–Trinajstić information content (AvgIpc) is 2.50. The van der Waals surface area contributed by atoms with Gasteiger partial charge in [-0.25, -0.2) is 9.97 Å². The van der Waals surface area contributed by atoms with Gasteiger partial charge in [-0.2, -0.15) is 0 Å². The Morgan fingerprint density at radius 1 is 0.850 bits per heavy atom. The largest absolute Gasteiger partial charge is 0.244 e. The van der Waals surface area contributed by atoms with Crippen molar-refractivity contribution in [1.82, 2.24) is 9.97 Å². The first-order valence-corrected chi connectivity index (χ1v) is 7.50. The molecule has 20 heavy (non-hydrogen) atoms. The van der Waals surface area contributed by atoms with E-state index >= 15 is 0 Å². The predicted molar refractivity (Wildman–Crippen MR) is 90.7 cm³/mol. The van der Waals surface area contributed by atoms with E-state index in [4.69, 9.17) is 23.2 Å². The number of nitrogens with zero attached hydrogens (tertiary/aromatic N) is 2. The van der Waals surface area contributed by atoms with E-state index in [-0.39, 0.29) is 0 Å². The number of aromatic nitrogens is 2. The molecule has 0 atom stereocenters. The molecule has 0 aliphatic carbocycles. The number of rotatable bonds is 0. The maximum Gasteiger partial charge on any atom is 0.131 e. The van der Waals surface area contributed by atoms with Crippen molar-refractivity contribution in [2.24, 2.45) is 0 Å². The smallest absolute Gasteiger partial charge is 0.131 e. The summed E-state index contributed by atoms with van der Waals surface area (Å²) in [5.41, 5.74) is 2.16. The Hall–Kier alpha value is -1.12. The van der Waals surface area contributed by atoms with E-state index in [1.54, 1.807) is 18.5 Å². The highest BCUT2D eigenvalue weighted by atomic mass is 35.5. The van der Waals surface area contributed by atoms with Crippen molar-refractivity contribution in [2.45, 2.75) is 41.5 Å². The van der Waals surface area contributed by atoms with Gasteiger partial charge in [0.1, 0.15) is 10.3 Å². The third-order valence-electron chi connectivity index (χ3n) is 1.82. The number of halogens is 2. The van der Waals surface area contributed by atoms with Gasteiger partial charge in [-0.1, -0.05) is 63.0 Å². The lowest BCUT2D eigenvalue weighted by Gasteiger charge is -1.89. The summed E-state index contributed by atoms with van der Waals surface area (Å²) in [5, 5.41) is 1.14. The first-order valence-electron chi connectivity index (χ1n) is 6.75. The van der Waals surface area contributed by atoms with Crippen LogP contribution < -0.4 is 0 Å². The second-order valence-electron chi connectivity index (χ2n) is 3.27. The van der Waals surface area contributed by atoms with Gasteiger partial charge in [-0.05, 0) is 37.1 Å². The van der Waals surface area contributed by atoms with Gasteiger partial charge in [0, 0.05) is 12.4 Å². The molecule has 0 amide bonds. The lowest BCUT2D eigenvalue weighted by atomic mass is 10.3. The Labute approximate surface area is 133 Å². The molecule has 0 aromatic carbocycles. The minimum absolute atomic E-state index is 0.551. The van der Waals surface area contributed by atoms with Crippen molar-refractivity contribution in [3.8, 4) is 0 Å². The van der Waals surface area contributed by atoms with Gasteiger partial charge in [-0.15, -0.1) is 0 Å². The zero-order chi connectivity index (χ0) is 16.0. The van der Waals surface area contributed by atoms with Gasteiger partial charge < -0.3 is 0 Å². The van der Waals surface area contributed by atoms with Crippen LogP contribution in [0.1, 0.15) is 38.8 Å². The molecular weight excluding hydrogens is 291 g/mol. The summed E-state index contributed by atoms with van der Waals surface area (Å²) >= 11 is 11.1. The standard InChI is InChI=1S/2C6H6ClN.2C2H6/c1-5-2-3-6(7)8-4-5;1-5-3-2-4-8-6(5)7;2*1-2/h2*2-4H,1H3;2*1-2H3. The van der Waals surface area contributed by atoms with Gasteiger partial charge in [0.15, 0.2) is 0 Å². The van der Waals surface area contributed by atoms with Crippen LogP contribution in [-0.4, -0.2) is 9.97 Å². The normalized spacial score (nSPS) is 8.00. The fourth-order valence-electron chi connectivity index (χ4n) is 0.916. The average molecular weight is 315 g/mol. The van der Waals surface area contributed by atoms with Crippen LogP contribution in [-0.2, 0) is 0 Å². The van der Waals surface area contributed by atoms with Gasteiger partial charge >= 0.3 is 0 Å². The molecule has 2 heterocycles. The van der Waals surface area contributed by atoms with Crippen LogP contribution in [0.15, 0.2) is 36.7 Å². The fraction of sp³-hybridized carbons (Fsp3) is 0.375. The Kier molecular flexibility index (Phi) is 15.1. The Balaban J connectivity index is 0. The summed E-state index contributed by atoms with van der Waals surface area (Å²) in [6.07, 6.45) is 3.41. The van der Waals surface area contributed by atoms with Gasteiger partial charge in [-0.3, -0.25) is 0 Å². The van der Waals surface area contributed by atoms with E-state index in [1.165, 1.54) is 0 Å². The van der Waals surface area contributed by atoms with Gasteiger partial charge in [0.2, 0.25) is 0 Å². The zero-order valence-electron chi connectivity index (χ0n) is 13.1. The molecule has 0 bridgehead atoms. The van der Waals surface area contributed by atoms with Gasteiger partial charge in [0.25, 0.3) is 0 Å². The molecule has 0 spiro atoms. The molecule has 2 nitrogen and oxygen atoms in total. The number of pyridine rings is 2. The quantitative estimate of drug-likeness (QED) is 0.546. The first kappa shape index (κ1) is 21.2. The van der Waals surface area contributed by atoms with Crippen LogP contribution in [0.3, 0.4) is 0 Å². The second kappa shape index (κ2) is 14.3. The molecule has 0 saturated heterocycles. The monoisotopic (exact) mass is 314 g/mol. The highest BCUT2D eigenvalue weighted by Gasteiger charge is 1.88. The molecule has 2 aromatic heterocycles. The van der Waals surface area contributed by atoms with E-state index in [0.717, 1.165) is 11.1 Å². The SMILES string of the molecule is CC.CC.Cc1ccc(Cl)nc1.Cc1cccnc1Cl. The molecule has 0 N–H and O–H groups in total. The van der Waals surface area contributed by atoms with E-state index < -0.39 is 0 Å². The van der Waals surface area contributed by atoms with Crippen molar-refractivity contribution in [2.75, 3.05) is 0 Å². The summed E-state index contributed by atoms with van der Waals surface area (Å²) in [6.45, 7) is 11.9. The molecule has 0 saturated carbocycles. The first-order chi connectivity index (χ1) is 9.59. The molecule has 4 heteroatoms. The summed E-state index contributed by atoms with van der Waals surface area (Å²) in [7, 11) is 0. The minimum atomic E-state index is 0.551. The Morgan fingerprint density at radius 2 is 1.45 bits per heavy atom. The van der Waals surface area contributed by atoms with Crippen molar-refractivity contribution < 1.29 is 0 Å². The summed E-state index contributed by atoms with van der Waals surface area (Å²) < 4.78 is 0. The Morgan fingerprint density at radius 3 is 1.75 bits per heavy atom. The zero-order valence-corrected chi connectivity index (χ0v) is 14.6. The van der Waals surface area contributed by atoms with Crippen LogP contribution in [0.5, 0.6) is 0 Å². The third-order valence-corrected chi connectivity index (χ3v) is 2.44. The van der Waals surface area contributed by atoms with E-state index in [2.05, 4.69) is 9.97 Å². The summed E-state index contributed by atoms with van der Waals surface area (Å²) in [4.78, 5) is 7.69. The second-order valence-corrected chi connectivity index (χ2v) is 4.01. The van der Waals surface area contributed by atoms with E-state index in [1.807, 2.05) is 59.7 Å². The van der Waals surface area contributed by atoms with E-state index in [0.29, 0.717) is 10.3 Å². The highest BCUT2D eigenvalue weighted by Crippen LogP contribution is 2.07. The maximum atomic E-state index is 5.60. The molecule has 0 fully saturated rings. The highest BCUT2D eigenvalue weighted by molar-refractivity contribution is 6.30. The third kappa shape index (κ3) is 10.8. The molecule has 2 rings (SSSR count). The Bertz CT molecular complexity index is 400.